The first-order valence-corrected chi connectivity index (χ1v) is 9.06. The molecule has 0 unspecified atom stereocenters. The molecule has 6 heteroatoms. The molecule has 1 aromatic carbocycles. The van der Waals surface area contributed by atoms with E-state index in [1.54, 1.807) is 18.3 Å². The molecule has 1 fully saturated rings. The van der Waals surface area contributed by atoms with Crippen LogP contribution in [0.4, 0.5) is 5.69 Å². The summed E-state index contributed by atoms with van der Waals surface area (Å²) in [6, 6.07) is 7.71. The Hall–Kier alpha value is -1.76. The summed E-state index contributed by atoms with van der Waals surface area (Å²) in [6.07, 6.45) is 1.68. The van der Waals surface area contributed by atoms with Crippen LogP contribution in [0.3, 0.4) is 0 Å². The van der Waals surface area contributed by atoms with Crippen LogP contribution in [0.15, 0.2) is 29.6 Å². The number of amides is 1. The maximum absolute atomic E-state index is 12.3. The SMILES string of the molecule is Cc1csc(-c2cccc(NC(=O)[C@H](C)OC[C@H]3CCCO3)c2)n1. The molecule has 1 aliphatic rings. The Labute approximate surface area is 146 Å². The van der Waals surface area contributed by atoms with E-state index in [-0.39, 0.29) is 12.0 Å². The highest BCUT2D eigenvalue weighted by molar-refractivity contribution is 7.13. The zero-order chi connectivity index (χ0) is 16.9. The van der Waals surface area contributed by atoms with Crippen molar-refractivity contribution in [3.63, 3.8) is 0 Å². The van der Waals surface area contributed by atoms with Gasteiger partial charge in [-0.25, -0.2) is 4.98 Å². The predicted molar refractivity (Wildman–Crippen MR) is 95.3 cm³/mol. The number of carbonyl (C=O) groups is 1. The van der Waals surface area contributed by atoms with Gasteiger partial charge in [-0.05, 0) is 38.8 Å². The van der Waals surface area contributed by atoms with E-state index < -0.39 is 6.10 Å². The summed E-state index contributed by atoms with van der Waals surface area (Å²) in [5.74, 6) is -0.152. The summed E-state index contributed by atoms with van der Waals surface area (Å²) in [4.78, 5) is 16.8. The van der Waals surface area contributed by atoms with Crippen molar-refractivity contribution in [2.24, 2.45) is 0 Å². The van der Waals surface area contributed by atoms with Crippen molar-refractivity contribution >= 4 is 22.9 Å². The molecular weight excluding hydrogens is 324 g/mol. The summed E-state index contributed by atoms with van der Waals surface area (Å²) in [6.45, 7) is 4.99. The molecule has 0 aliphatic carbocycles. The third-order valence-corrected chi connectivity index (χ3v) is 4.93. The normalized spacial score (nSPS) is 18.5. The van der Waals surface area contributed by atoms with Gasteiger partial charge in [-0.1, -0.05) is 12.1 Å². The molecule has 0 bridgehead atoms. The lowest BCUT2D eigenvalue weighted by Gasteiger charge is -2.16. The Balaban J connectivity index is 1.57. The Bertz CT molecular complexity index is 695. The standard InChI is InChI=1S/C18H22N2O3S/c1-12-11-24-18(19-12)14-5-3-6-15(9-14)20-17(21)13(2)23-10-16-7-4-8-22-16/h3,5-6,9,11,13,16H,4,7-8,10H2,1-2H3,(H,20,21)/t13-,16+/m0/s1. The largest absolute Gasteiger partial charge is 0.376 e. The lowest BCUT2D eigenvalue weighted by Crippen LogP contribution is -2.30. The maximum Gasteiger partial charge on any atom is 0.253 e. The number of benzene rings is 1. The number of nitrogens with one attached hydrogen (secondary N) is 1. The van der Waals surface area contributed by atoms with E-state index in [4.69, 9.17) is 9.47 Å². The quantitative estimate of drug-likeness (QED) is 0.867. The molecular formula is C18H22N2O3S. The van der Waals surface area contributed by atoms with E-state index in [1.807, 2.05) is 36.6 Å². The van der Waals surface area contributed by atoms with E-state index in [0.29, 0.717) is 6.61 Å². The number of ether oxygens (including phenoxy) is 2. The van der Waals surface area contributed by atoms with Gasteiger partial charge in [-0.15, -0.1) is 11.3 Å². The topological polar surface area (TPSA) is 60.5 Å². The molecule has 0 spiro atoms. The van der Waals surface area contributed by atoms with Gasteiger partial charge < -0.3 is 14.8 Å². The number of thiazole rings is 1. The van der Waals surface area contributed by atoms with E-state index in [2.05, 4.69) is 10.3 Å². The molecule has 2 atom stereocenters. The molecule has 0 saturated carbocycles. The second-order valence-corrected chi connectivity index (χ2v) is 6.83. The zero-order valence-electron chi connectivity index (χ0n) is 14.0. The maximum atomic E-state index is 12.3. The first-order valence-electron chi connectivity index (χ1n) is 8.18. The van der Waals surface area contributed by atoms with Gasteiger partial charge in [-0.3, -0.25) is 4.79 Å². The number of aryl methyl sites for hydroxylation is 1. The molecule has 24 heavy (non-hydrogen) atoms. The summed E-state index contributed by atoms with van der Waals surface area (Å²) < 4.78 is 11.1. The van der Waals surface area contributed by atoms with E-state index in [0.717, 1.165) is 41.4 Å². The monoisotopic (exact) mass is 346 g/mol. The van der Waals surface area contributed by atoms with Gasteiger partial charge in [0, 0.05) is 28.9 Å². The number of hydrogen-bond donors (Lipinski definition) is 1. The van der Waals surface area contributed by atoms with Crippen LogP contribution in [0.2, 0.25) is 0 Å². The molecule has 128 valence electrons. The Kier molecular flexibility index (Phi) is 5.60. The zero-order valence-corrected chi connectivity index (χ0v) is 14.8. The van der Waals surface area contributed by atoms with Crippen molar-refractivity contribution < 1.29 is 14.3 Å². The van der Waals surface area contributed by atoms with E-state index in [9.17, 15) is 4.79 Å². The summed E-state index contributed by atoms with van der Waals surface area (Å²) in [5.41, 5.74) is 2.75. The van der Waals surface area contributed by atoms with Crippen molar-refractivity contribution in [2.45, 2.75) is 38.9 Å². The highest BCUT2D eigenvalue weighted by Crippen LogP contribution is 2.26. The van der Waals surface area contributed by atoms with Crippen LogP contribution in [0.25, 0.3) is 10.6 Å². The number of carbonyl (C=O) groups excluding carboxylic acids is 1. The molecule has 2 heterocycles. The van der Waals surface area contributed by atoms with Crippen LogP contribution in [-0.2, 0) is 14.3 Å². The minimum Gasteiger partial charge on any atom is -0.376 e. The van der Waals surface area contributed by atoms with Gasteiger partial charge in [-0.2, -0.15) is 0 Å². The van der Waals surface area contributed by atoms with Gasteiger partial charge in [0.1, 0.15) is 11.1 Å². The highest BCUT2D eigenvalue weighted by atomic mass is 32.1. The van der Waals surface area contributed by atoms with Crippen molar-refractivity contribution in [1.29, 1.82) is 0 Å². The second kappa shape index (κ2) is 7.88. The lowest BCUT2D eigenvalue weighted by atomic mass is 10.2. The molecule has 1 N–H and O–H groups in total. The third kappa shape index (κ3) is 4.41. The molecule has 1 aliphatic heterocycles. The van der Waals surface area contributed by atoms with Gasteiger partial charge in [0.05, 0.1) is 12.7 Å². The fraction of sp³-hybridized carbons (Fsp3) is 0.444. The van der Waals surface area contributed by atoms with Crippen molar-refractivity contribution in [1.82, 2.24) is 4.98 Å². The van der Waals surface area contributed by atoms with E-state index in [1.165, 1.54) is 0 Å². The molecule has 5 nitrogen and oxygen atoms in total. The lowest BCUT2D eigenvalue weighted by molar-refractivity contribution is -0.128. The van der Waals surface area contributed by atoms with Crippen molar-refractivity contribution in [3.8, 4) is 10.6 Å². The first-order chi connectivity index (χ1) is 11.6. The smallest absolute Gasteiger partial charge is 0.253 e. The number of nitrogens with zero attached hydrogens (tertiary/aromatic N) is 1. The minimum absolute atomic E-state index is 0.122. The summed E-state index contributed by atoms with van der Waals surface area (Å²) in [5, 5.41) is 5.87. The minimum atomic E-state index is -0.514. The predicted octanol–water partition coefficient (Wildman–Crippen LogP) is 3.64. The number of anilines is 1. The molecule has 1 amide bonds. The van der Waals surface area contributed by atoms with Gasteiger partial charge in [0.25, 0.3) is 5.91 Å². The van der Waals surface area contributed by atoms with Gasteiger partial charge in [0.15, 0.2) is 0 Å². The Morgan fingerprint density at radius 3 is 3.12 bits per heavy atom. The molecule has 1 aromatic heterocycles. The number of aromatic nitrogens is 1. The number of hydrogen-bond acceptors (Lipinski definition) is 5. The molecule has 0 radical (unpaired) electrons. The van der Waals surface area contributed by atoms with Crippen LogP contribution >= 0.6 is 11.3 Å². The van der Waals surface area contributed by atoms with Crippen LogP contribution in [0.5, 0.6) is 0 Å². The molecule has 3 rings (SSSR count). The number of rotatable bonds is 6. The average Bonchev–Trinajstić information content (AvgIpc) is 3.24. The average molecular weight is 346 g/mol. The summed E-state index contributed by atoms with van der Waals surface area (Å²) in [7, 11) is 0. The van der Waals surface area contributed by atoms with E-state index >= 15 is 0 Å². The third-order valence-electron chi connectivity index (χ3n) is 3.92. The van der Waals surface area contributed by atoms with Crippen LogP contribution in [-0.4, -0.2) is 36.3 Å². The fourth-order valence-electron chi connectivity index (χ4n) is 2.56. The van der Waals surface area contributed by atoms with Gasteiger partial charge in [0.2, 0.25) is 0 Å². The molecule has 1 saturated heterocycles. The Morgan fingerprint density at radius 2 is 2.42 bits per heavy atom. The van der Waals surface area contributed by atoms with Gasteiger partial charge >= 0.3 is 0 Å². The van der Waals surface area contributed by atoms with Crippen molar-refractivity contribution in [2.75, 3.05) is 18.5 Å². The second-order valence-electron chi connectivity index (χ2n) is 5.97. The molecule has 2 aromatic rings. The summed E-state index contributed by atoms with van der Waals surface area (Å²) >= 11 is 1.60. The highest BCUT2D eigenvalue weighted by Gasteiger charge is 2.20. The van der Waals surface area contributed by atoms with Crippen LogP contribution in [0, 0.1) is 6.92 Å². The first kappa shape index (κ1) is 17.1. The Morgan fingerprint density at radius 1 is 1.54 bits per heavy atom. The van der Waals surface area contributed by atoms with Crippen LogP contribution in [0.1, 0.15) is 25.5 Å². The van der Waals surface area contributed by atoms with Crippen LogP contribution < -0.4 is 5.32 Å². The fourth-order valence-corrected chi connectivity index (χ4v) is 3.36. The van der Waals surface area contributed by atoms with Crippen molar-refractivity contribution in [3.05, 3.63) is 35.3 Å².